The van der Waals surface area contributed by atoms with Crippen molar-refractivity contribution in [2.24, 2.45) is 4.40 Å². The Kier molecular flexibility index (Phi) is 5.40. The van der Waals surface area contributed by atoms with Gasteiger partial charge in [-0.2, -0.15) is 0 Å². The quantitative estimate of drug-likeness (QED) is 0.761. The summed E-state index contributed by atoms with van der Waals surface area (Å²) >= 11 is 1.30. The summed E-state index contributed by atoms with van der Waals surface area (Å²) in [6.45, 7) is 6.77. The number of carbonyl (C=O) groups excluding carboxylic acids is 1. The van der Waals surface area contributed by atoms with Gasteiger partial charge in [0.05, 0.1) is 11.4 Å². The van der Waals surface area contributed by atoms with Crippen molar-refractivity contribution in [3.05, 3.63) is 59.7 Å². The average molecular weight is 444 g/mol. The molecule has 0 saturated carbocycles. The lowest BCUT2D eigenvalue weighted by Crippen LogP contribution is -2.37. The number of sulfonamides is 1. The van der Waals surface area contributed by atoms with E-state index in [2.05, 4.69) is 35.7 Å². The molecule has 2 aliphatic rings. The number of amidine groups is 1. The molecule has 1 N–H and O–H groups in total. The van der Waals surface area contributed by atoms with Crippen LogP contribution in [0.3, 0.4) is 0 Å². The van der Waals surface area contributed by atoms with E-state index in [1.165, 1.54) is 17.3 Å². The Morgan fingerprint density at radius 3 is 2.70 bits per heavy atom. The minimum atomic E-state index is -3.39. The Morgan fingerprint density at radius 2 is 1.97 bits per heavy atom. The molecule has 0 bridgehead atoms. The first-order valence-corrected chi connectivity index (χ1v) is 12.4. The van der Waals surface area contributed by atoms with Crippen LogP contribution in [0.1, 0.15) is 43.1 Å². The highest BCUT2D eigenvalue weighted by Gasteiger charge is 2.33. The lowest BCUT2D eigenvalue weighted by molar-refractivity contribution is 0.0934. The summed E-state index contributed by atoms with van der Waals surface area (Å²) in [4.78, 5) is 15.6. The molecule has 8 heteroatoms. The number of rotatable bonds is 5. The molecule has 0 radical (unpaired) electrons. The molecule has 1 atom stereocenters. The Hall–Kier alpha value is -2.32. The van der Waals surface area contributed by atoms with Gasteiger partial charge in [0.25, 0.3) is 15.9 Å². The fraction of sp³-hybridized carbons (Fsp3) is 0.364. The van der Waals surface area contributed by atoms with Gasteiger partial charge in [-0.05, 0) is 54.3 Å². The number of nitrogens with zero attached hydrogens (tertiary/aromatic N) is 2. The van der Waals surface area contributed by atoms with Crippen LogP contribution in [0.2, 0.25) is 0 Å². The second-order valence-corrected chi connectivity index (χ2v) is 11.2. The van der Waals surface area contributed by atoms with Gasteiger partial charge in [-0.15, -0.1) is 4.40 Å². The van der Waals surface area contributed by atoms with Gasteiger partial charge in [-0.3, -0.25) is 4.79 Å². The number of anilines is 1. The number of nitrogens with one attached hydrogen (secondary N) is 1. The lowest BCUT2D eigenvalue weighted by Gasteiger charge is -2.29. The lowest BCUT2D eigenvalue weighted by atomic mass is 9.79. The predicted octanol–water partition coefficient (Wildman–Crippen LogP) is 3.78. The number of benzene rings is 2. The molecule has 6 nitrogen and oxygen atoms in total. The molecular formula is C22H25N3O3S2. The number of amides is 1. The van der Waals surface area contributed by atoms with Gasteiger partial charge in [0, 0.05) is 23.0 Å². The van der Waals surface area contributed by atoms with E-state index >= 15 is 0 Å². The van der Waals surface area contributed by atoms with E-state index < -0.39 is 10.0 Å². The van der Waals surface area contributed by atoms with Crippen molar-refractivity contribution in [2.75, 3.05) is 17.2 Å². The van der Waals surface area contributed by atoms with Gasteiger partial charge >= 0.3 is 0 Å². The van der Waals surface area contributed by atoms with Gasteiger partial charge in [-0.1, -0.05) is 44.2 Å². The zero-order valence-electron chi connectivity index (χ0n) is 17.3. The molecule has 1 unspecified atom stereocenters. The third kappa shape index (κ3) is 4.25. The van der Waals surface area contributed by atoms with Gasteiger partial charge in [0.1, 0.15) is 0 Å². The summed E-state index contributed by atoms with van der Waals surface area (Å²) < 4.78 is 27.4. The Balaban J connectivity index is 1.46. The summed E-state index contributed by atoms with van der Waals surface area (Å²) in [5, 5.41) is 3.57. The Labute approximate surface area is 181 Å². The molecule has 1 amide bonds. The summed E-state index contributed by atoms with van der Waals surface area (Å²) in [5.74, 6) is -0.123. The van der Waals surface area contributed by atoms with Crippen LogP contribution in [0.25, 0.3) is 0 Å². The Bertz CT molecular complexity index is 1110. The van der Waals surface area contributed by atoms with Gasteiger partial charge < -0.3 is 10.2 Å². The minimum absolute atomic E-state index is 0.00513. The van der Waals surface area contributed by atoms with E-state index in [-0.39, 0.29) is 23.1 Å². The second kappa shape index (κ2) is 7.74. The topological polar surface area (TPSA) is 78.8 Å². The normalized spacial score (nSPS) is 18.2. The van der Waals surface area contributed by atoms with Crippen molar-refractivity contribution < 1.29 is 13.2 Å². The molecule has 0 saturated heterocycles. The molecule has 0 aliphatic carbocycles. The van der Waals surface area contributed by atoms with E-state index in [0.29, 0.717) is 17.3 Å². The van der Waals surface area contributed by atoms with Crippen LogP contribution in [0.15, 0.2) is 57.8 Å². The average Bonchev–Trinajstić information content (AvgIpc) is 3.03. The van der Waals surface area contributed by atoms with Crippen LogP contribution in [0.4, 0.5) is 5.69 Å². The molecule has 2 aromatic rings. The highest BCUT2D eigenvalue weighted by atomic mass is 32.2. The first kappa shape index (κ1) is 20.9. The third-order valence-electron chi connectivity index (χ3n) is 5.48. The zero-order chi connectivity index (χ0) is 21.5. The van der Waals surface area contributed by atoms with Gasteiger partial charge in [0.2, 0.25) is 0 Å². The highest BCUT2D eigenvalue weighted by Crippen LogP contribution is 2.42. The van der Waals surface area contributed by atoms with Gasteiger partial charge in [-0.25, -0.2) is 8.42 Å². The highest BCUT2D eigenvalue weighted by molar-refractivity contribution is 8.15. The van der Waals surface area contributed by atoms with Crippen molar-refractivity contribution in [3.8, 4) is 0 Å². The van der Waals surface area contributed by atoms with Crippen LogP contribution in [-0.4, -0.2) is 37.8 Å². The maximum atomic E-state index is 12.8. The number of thioether (sulfide) groups is 1. The van der Waals surface area contributed by atoms with E-state index in [4.69, 9.17) is 0 Å². The molecular weight excluding hydrogens is 418 g/mol. The number of hydrogen-bond donors (Lipinski definition) is 1. The third-order valence-corrected chi connectivity index (χ3v) is 7.79. The van der Waals surface area contributed by atoms with Crippen LogP contribution in [-0.2, 0) is 15.4 Å². The molecule has 0 fully saturated rings. The summed E-state index contributed by atoms with van der Waals surface area (Å²) in [7, 11) is -3.39. The summed E-state index contributed by atoms with van der Waals surface area (Å²) in [6, 6.07) is 15.8. The monoisotopic (exact) mass is 443 g/mol. The van der Waals surface area contributed by atoms with Crippen LogP contribution in [0, 0.1) is 0 Å². The molecule has 30 heavy (non-hydrogen) atoms. The summed E-state index contributed by atoms with van der Waals surface area (Å²) in [5.41, 5.74) is 2.65. The minimum Gasteiger partial charge on any atom is -0.350 e. The molecule has 0 spiro atoms. The molecule has 158 valence electrons. The smallest absolute Gasteiger partial charge is 0.257 e. The number of carbonyl (C=O) groups is 1. The fourth-order valence-electron chi connectivity index (χ4n) is 4.00. The molecule has 2 aromatic carbocycles. The standard InChI is InChI=1S/C22H25N3O3S2/c1-15(14-22(2,3)17-7-5-4-6-8-17)23-20(26)16-9-10-18-19(13-16)29-21-24-30(27,28)12-11-25(18)21/h4-10,13,15H,11-12,14H2,1-3H3,(H,23,26). The van der Waals surface area contributed by atoms with Crippen LogP contribution >= 0.6 is 11.8 Å². The van der Waals surface area contributed by atoms with Crippen molar-refractivity contribution >= 4 is 38.5 Å². The van der Waals surface area contributed by atoms with Gasteiger partial charge in [0.15, 0.2) is 5.17 Å². The maximum absolute atomic E-state index is 12.8. The number of fused-ring (bicyclic) bond motifs is 3. The fourth-order valence-corrected chi connectivity index (χ4v) is 6.30. The SMILES string of the molecule is CC(CC(C)(C)c1ccccc1)NC(=O)c1ccc2c(c1)SC1=NS(=O)(=O)CCN12. The van der Waals surface area contributed by atoms with Crippen LogP contribution < -0.4 is 10.2 Å². The van der Waals surface area contributed by atoms with E-state index in [0.717, 1.165) is 17.0 Å². The Morgan fingerprint density at radius 1 is 1.23 bits per heavy atom. The second-order valence-electron chi connectivity index (χ2n) is 8.42. The van der Waals surface area contributed by atoms with Crippen molar-refractivity contribution in [3.63, 3.8) is 0 Å². The molecule has 0 aromatic heterocycles. The first-order chi connectivity index (χ1) is 14.1. The van der Waals surface area contributed by atoms with E-state index in [9.17, 15) is 13.2 Å². The summed E-state index contributed by atoms with van der Waals surface area (Å²) in [6.07, 6.45) is 0.810. The number of hydrogen-bond acceptors (Lipinski definition) is 5. The van der Waals surface area contributed by atoms with Crippen LogP contribution in [0.5, 0.6) is 0 Å². The molecule has 2 aliphatic heterocycles. The molecule has 4 rings (SSSR count). The van der Waals surface area contributed by atoms with Crippen molar-refractivity contribution in [2.45, 2.75) is 43.5 Å². The molecule has 2 heterocycles. The zero-order valence-corrected chi connectivity index (χ0v) is 18.9. The van der Waals surface area contributed by atoms with E-state index in [1.54, 1.807) is 6.07 Å². The predicted molar refractivity (Wildman–Crippen MR) is 122 cm³/mol. The first-order valence-electron chi connectivity index (χ1n) is 9.93. The van der Waals surface area contributed by atoms with E-state index in [1.807, 2.05) is 42.2 Å². The van der Waals surface area contributed by atoms with Crippen molar-refractivity contribution in [1.29, 1.82) is 0 Å². The largest absolute Gasteiger partial charge is 0.350 e. The van der Waals surface area contributed by atoms with Crippen molar-refractivity contribution in [1.82, 2.24) is 5.32 Å². The maximum Gasteiger partial charge on any atom is 0.257 e.